The third-order valence-electron chi connectivity index (χ3n) is 4.40. The number of halogens is 1. The van der Waals surface area contributed by atoms with E-state index >= 15 is 0 Å². The molecule has 4 nitrogen and oxygen atoms in total. The molecule has 1 aliphatic rings. The molecule has 2 aromatic rings. The summed E-state index contributed by atoms with van der Waals surface area (Å²) in [4.78, 5) is 16.2. The maximum absolute atomic E-state index is 13.9. The number of rotatable bonds is 4. The predicted molar refractivity (Wildman–Crippen MR) is 95.2 cm³/mol. The molecule has 126 valence electrons. The minimum Gasteiger partial charge on any atom is -0.368 e. The van der Waals surface area contributed by atoms with Crippen LogP contribution in [0.15, 0.2) is 48.5 Å². The van der Waals surface area contributed by atoms with Crippen LogP contribution in [0.1, 0.15) is 17.3 Å². The van der Waals surface area contributed by atoms with Crippen LogP contribution < -0.4 is 15.5 Å². The summed E-state index contributed by atoms with van der Waals surface area (Å²) < 4.78 is 13.9. The number of carbonyl (C=O) groups excluding carboxylic acids is 1. The van der Waals surface area contributed by atoms with E-state index in [4.69, 9.17) is 5.73 Å². The second-order valence-corrected chi connectivity index (χ2v) is 6.13. The largest absolute Gasteiger partial charge is 0.368 e. The predicted octanol–water partition coefficient (Wildman–Crippen LogP) is 2.68. The van der Waals surface area contributed by atoms with Gasteiger partial charge in [0.05, 0.1) is 11.7 Å². The molecule has 1 fully saturated rings. The summed E-state index contributed by atoms with van der Waals surface area (Å²) >= 11 is 0. The lowest BCUT2D eigenvalue weighted by atomic mass is 10.1. The molecule has 5 heteroatoms. The normalized spacial score (nSPS) is 16.1. The molecule has 1 unspecified atom stereocenters. The lowest BCUT2D eigenvalue weighted by Gasteiger charge is -2.37. The van der Waals surface area contributed by atoms with Crippen LogP contribution in [0.5, 0.6) is 0 Å². The van der Waals surface area contributed by atoms with Gasteiger partial charge in [0, 0.05) is 37.4 Å². The molecule has 2 N–H and O–H groups in total. The molecule has 1 aliphatic heterocycles. The topological polar surface area (TPSA) is 49.6 Å². The zero-order valence-electron chi connectivity index (χ0n) is 13.8. The third kappa shape index (κ3) is 3.41. The Morgan fingerprint density at radius 3 is 2.17 bits per heavy atom. The minimum atomic E-state index is -0.486. The number of nitrogens with two attached hydrogens (primary N) is 1. The van der Waals surface area contributed by atoms with Crippen molar-refractivity contribution in [2.45, 2.75) is 13.0 Å². The molecule has 1 saturated heterocycles. The van der Waals surface area contributed by atoms with Crippen molar-refractivity contribution in [1.82, 2.24) is 0 Å². The van der Waals surface area contributed by atoms with Crippen molar-refractivity contribution in [2.75, 3.05) is 36.0 Å². The Bertz CT molecular complexity index is 707. The van der Waals surface area contributed by atoms with E-state index in [-0.39, 0.29) is 11.6 Å². The number of anilines is 2. The van der Waals surface area contributed by atoms with Crippen LogP contribution in [0.2, 0.25) is 0 Å². The Balaban J connectivity index is 1.65. The highest BCUT2D eigenvalue weighted by atomic mass is 19.1. The van der Waals surface area contributed by atoms with Gasteiger partial charge in [0.15, 0.2) is 5.78 Å². The van der Waals surface area contributed by atoms with E-state index in [1.807, 2.05) is 36.4 Å². The zero-order valence-corrected chi connectivity index (χ0v) is 13.8. The van der Waals surface area contributed by atoms with Gasteiger partial charge >= 0.3 is 0 Å². The molecule has 0 bridgehead atoms. The number of para-hydroxylation sites is 1. The van der Waals surface area contributed by atoms with Gasteiger partial charge in [-0.3, -0.25) is 4.79 Å². The fourth-order valence-electron chi connectivity index (χ4n) is 3.01. The Morgan fingerprint density at radius 1 is 1.00 bits per heavy atom. The van der Waals surface area contributed by atoms with Gasteiger partial charge in [-0.25, -0.2) is 4.39 Å². The van der Waals surface area contributed by atoms with Crippen LogP contribution in [0, 0.1) is 5.82 Å². The smallest absolute Gasteiger partial charge is 0.179 e. The maximum Gasteiger partial charge on any atom is 0.179 e. The van der Waals surface area contributed by atoms with Crippen molar-refractivity contribution in [3.05, 3.63) is 59.9 Å². The highest BCUT2D eigenvalue weighted by Gasteiger charge is 2.20. The Labute approximate surface area is 141 Å². The number of piperazine rings is 1. The molecule has 2 aromatic carbocycles. The molecule has 0 aromatic heterocycles. The average Bonchev–Trinajstić information content (AvgIpc) is 2.62. The van der Waals surface area contributed by atoms with E-state index in [0.29, 0.717) is 11.3 Å². The van der Waals surface area contributed by atoms with E-state index in [2.05, 4.69) is 9.80 Å². The Kier molecular flexibility index (Phi) is 4.81. The van der Waals surface area contributed by atoms with Crippen molar-refractivity contribution in [2.24, 2.45) is 5.73 Å². The molecular formula is C19H22FN3O. The van der Waals surface area contributed by atoms with Gasteiger partial charge in [0.1, 0.15) is 5.82 Å². The SMILES string of the molecule is CC(N)C(=O)c1ccc(N2CCN(c3ccccc3F)CC2)cc1. The van der Waals surface area contributed by atoms with Crippen molar-refractivity contribution in [3.63, 3.8) is 0 Å². The van der Waals surface area contributed by atoms with Crippen LogP contribution >= 0.6 is 0 Å². The third-order valence-corrected chi connectivity index (χ3v) is 4.40. The molecule has 3 rings (SSSR count). The van der Waals surface area contributed by atoms with Crippen molar-refractivity contribution >= 4 is 17.2 Å². The molecule has 0 saturated carbocycles. The second-order valence-electron chi connectivity index (χ2n) is 6.13. The summed E-state index contributed by atoms with van der Waals surface area (Å²) in [5.74, 6) is -0.226. The van der Waals surface area contributed by atoms with Crippen molar-refractivity contribution in [3.8, 4) is 0 Å². The monoisotopic (exact) mass is 327 g/mol. The van der Waals surface area contributed by atoms with Crippen LogP contribution in [0.3, 0.4) is 0 Å². The van der Waals surface area contributed by atoms with Gasteiger partial charge < -0.3 is 15.5 Å². The number of ketones is 1. The molecule has 1 atom stereocenters. The molecule has 0 amide bonds. The van der Waals surface area contributed by atoms with Crippen molar-refractivity contribution < 1.29 is 9.18 Å². The molecule has 0 radical (unpaired) electrons. The highest BCUT2D eigenvalue weighted by molar-refractivity contribution is 5.99. The van der Waals surface area contributed by atoms with E-state index < -0.39 is 6.04 Å². The molecular weight excluding hydrogens is 305 g/mol. The summed E-state index contributed by atoms with van der Waals surface area (Å²) in [7, 11) is 0. The molecule has 24 heavy (non-hydrogen) atoms. The minimum absolute atomic E-state index is 0.0501. The Hall–Kier alpha value is -2.40. The first-order chi connectivity index (χ1) is 11.6. The number of Topliss-reactive ketones (excluding diaryl/α,β-unsaturated/α-hetero) is 1. The lowest BCUT2D eigenvalue weighted by Crippen LogP contribution is -2.46. The first-order valence-electron chi connectivity index (χ1n) is 8.20. The summed E-state index contributed by atoms with van der Waals surface area (Å²) in [6.07, 6.45) is 0. The van der Waals surface area contributed by atoms with E-state index in [0.717, 1.165) is 31.9 Å². The van der Waals surface area contributed by atoms with Gasteiger partial charge in [0.25, 0.3) is 0 Å². The van der Waals surface area contributed by atoms with E-state index in [1.165, 1.54) is 6.07 Å². The summed E-state index contributed by atoms with van der Waals surface area (Å²) in [6.45, 7) is 4.85. The zero-order chi connectivity index (χ0) is 17.1. The molecule has 1 heterocycles. The van der Waals surface area contributed by atoms with Crippen LogP contribution in [-0.2, 0) is 0 Å². The lowest BCUT2D eigenvalue weighted by molar-refractivity contribution is 0.0968. The van der Waals surface area contributed by atoms with Gasteiger partial charge in [-0.05, 0) is 43.3 Å². The van der Waals surface area contributed by atoms with Crippen LogP contribution in [0.4, 0.5) is 15.8 Å². The van der Waals surface area contributed by atoms with Gasteiger partial charge in [-0.2, -0.15) is 0 Å². The van der Waals surface area contributed by atoms with Gasteiger partial charge in [-0.15, -0.1) is 0 Å². The average molecular weight is 327 g/mol. The number of benzene rings is 2. The fourth-order valence-corrected chi connectivity index (χ4v) is 3.01. The van der Waals surface area contributed by atoms with E-state index in [1.54, 1.807) is 13.0 Å². The van der Waals surface area contributed by atoms with Gasteiger partial charge in [-0.1, -0.05) is 12.1 Å². The number of hydrogen-bond donors (Lipinski definition) is 1. The standard InChI is InChI=1S/C19H22FN3O/c1-14(21)19(24)15-6-8-16(9-7-15)22-10-12-23(13-11-22)18-5-3-2-4-17(18)20/h2-9,14H,10-13,21H2,1H3. The first kappa shape index (κ1) is 16.5. The number of carbonyl (C=O) groups is 1. The van der Waals surface area contributed by atoms with Crippen molar-refractivity contribution in [1.29, 1.82) is 0 Å². The summed E-state index contributed by atoms with van der Waals surface area (Å²) in [6, 6.07) is 14.0. The van der Waals surface area contributed by atoms with E-state index in [9.17, 15) is 9.18 Å². The quantitative estimate of drug-likeness (QED) is 0.877. The maximum atomic E-state index is 13.9. The summed E-state index contributed by atoms with van der Waals surface area (Å²) in [5, 5.41) is 0. The summed E-state index contributed by atoms with van der Waals surface area (Å²) in [5.41, 5.74) is 8.01. The van der Waals surface area contributed by atoms with Crippen LogP contribution in [0.25, 0.3) is 0 Å². The van der Waals surface area contributed by atoms with Gasteiger partial charge in [0.2, 0.25) is 0 Å². The first-order valence-corrected chi connectivity index (χ1v) is 8.20. The highest BCUT2D eigenvalue weighted by Crippen LogP contribution is 2.23. The molecule has 0 aliphatic carbocycles. The number of nitrogens with zero attached hydrogens (tertiary/aromatic N) is 2. The molecule has 0 spiro atoms. The second kappa shape index (κ2) is 7.01. The van der Waals surface area contributed by atoms with Crippen LogP contribution in [-0.4, -0.2) is 38.0 Å². The number of hydrogen-bond acceptors (Lipinski definition) is 4. The Morgan fingerprint density at radius 2 is 1.58 bits per heavy atom. The fraction of sp³-hybridized carbons (Fsp3) is 0.316.